The van der Waals surface area contributed by atoms with Crippen LogP contribution < -0.4 is 4.74 Å². The molecular weight excluding hydrogens is 272 g/mol. The predicted octanol–water partition coefficient (Wildman–Crippen LogP) is 2.34. The number of nitrogens with one attached hydrogen (secondary N) is 1. The number of aromatic amines is 1. The Hall–Kier alpha value is -1.33. The number of ether oxygens (including phenoxy) is 1. The van der Waals surface area contributed by atoms with Crippen LogP contribution in [0.1, 0.15) is 5.69 Å². The molecule has 2 aromatic rings. The number of aromatic nitrogens is 2. The number of H-pyrrole nitrogens is 1. The maximum atomic E-state index is 8.94. The van der Waals surface area contributed by atoms with Gasteiger partial charge in [0, 0.05) is 5.56 Å². The third-order valence-corrected chi connectivity index (χ3v) is 2.88. The second-order valence-electron chi connectivity index (χ2n) is 3.26. The van der Waals surface area contributed by atoms with Crippen molar-refractivity contribution in [1.29, 1.82) is 0 Å². The average Bonchev–Trinajstić information content (AvgIpc) is 2.78. The van der Waals surface area contributed by atoms with Gasteiger partial charge in [-0.3, -0.25) is 0 Å². The number of nitrogens with zero attached hydrogens (tertiary/aromatic N) is 1. The summed E-state index contributed by atoms with van der Waals surface area (Å²) in [7, 11) is 1.62. The molecule has 0 aliphatic rings. The number of rotatable bonds is 3. The number of aliphatic hydroxyl groups excluding tert-OH is 1. The fourth-order valence-corrected chi connectivity index (χ4v) is 1.80. The molecule has 0 aliphatic carbocycles. The van der Waals surface area contributed by atoms with E-state index in [0.29, 0.717) is 5.69 Å². The van der Waals surface area contributed by atoms with E-state index in [1.165, 1.54) is 0 Å². The molecule has 0 saturated heterocycles. The molecule has 16 heavy (non-hydrogen) atoms. The Morgan fingerprint density at radius 1 is 1.50 bits per heavy atom. The maximum Gasteiger partial charge on any atom is 0.137 e. The molecule has 2 N–H and O–H groups in total. The van der Waals surface area contributed by atoms with Crippen molar-refractivity contribution in [2.24, 2.45) is 0 Å². The minimum absolute atomic E-state index is 0.0410. The zero-order valence-corrected chi connectivity index (χ0v) is 10.3. The zero-order valence-electron chi connectivity index (χ0n) is 8.70. The van der Waals surface area contributed by atoms with E-state index < -0.39 is 0 Å². The fourth-order valence-electron chi connectivity index (χ4n) is 1.39. The van der Waals surface area contributed by atoms with Crippen LogP contribution in [-0.4, -0.2) is 22.2 Å². The minimum atomic E-state index is -0.0410. The van der Waals surface area contributed by atoms with Gasteiger partial charge in [0.1, 0.15) is 11.6 Å². The lowest BCUT2D eigenvalue weighted by molar-refractivity contribution is 0.277. The highest BCUT2D eigenvalue weighted by atomic mass is 79.9. The summed E-state index contributed by atoms with van der Waals surface area (Å²) in [6, 6.07) is 5.70. The van der Waals surface area contributed by atoms with Crippen LogP contribution in [0.5, 0.6) is 5.75 Å². The van der Waals surface area contributed by atoms with Crippen molar-refractivity contribution < 1.29 is 9.84 Å². The van der Waals surface area contributed by atoms with E-state index in [0.717, 1.165) is 21.6 Å². The molecule has 0 spiro atoms. The highest BCUT2D eigenvalue weighted by Crippen LogP contribution is 2.29. The Balaban J connectivity index is 2.40. The van der Waals surface area contributed by atoms with Crippen LogP contribution in [0.3, 0.4) is 0 Å². The van der Waals surface area contributed by atoms with Crippen molar-refractivity contribution in [3.8, 4) is 17.1 Å². The third-order valence-electron chi connectivity index (χ3n) is 2.22. The second-order valence-corrected chi connectivity index (χ2v) is 4.12. The van der Waals surface area contributed by atoms with Crippen LogP contribution >= 0.6 is 15.9 Å². The summed E-state index contributed by atoms with van der Waals surface area (Å²) in [4.78, 5) is 7.19. The molecule has 84 valence electrons. The normalized spacial score (nSPS) is 10.4. The Bertz CT molecular complexity index is 496. The van der Waals surface area contributed by atoms with Crippen LogP contribution in [0, 0.1) is 0 Å². The van der Waals surface area contributed by atoms with E-state index in [1.807, 2.05) is 18.2 Å². The number of methoxy groups -OCH3 is 1. The van der Waals surface area contributed by atoms with Gasteiger partial charge in [0.2, 0.25) is 0 Å². The van der Waals surface area contributed by atoms with E-state index in [9.17, 15) is 0 Å². The first kappa shape index (κ1) is 11.2. The van der Waals surface area contributed by atoms with Gasteiger partial charge in [-0.1, -0.05) is 0 Å². The standard InChI is InChI=1S/C11H11BrN2O2/c1-16-10-4-7(2-3-9(10)12)11-13-5-8(6-15)14-11/h2-5,15H,6H2,1H3,(H,13,14). The molecule has 0 saturated carbocycles. The highest BCUT2D eigenvalue weighted by molar-refractivity contribution is 9.10. The van der Waals surface area contributed by atoms with Crippen LogP contribution in [0.4, 0.5) is 0 Å². The summed E-state index contributed by atoms with van der Waals surface area (Å²) in [6.45, 7) is -0.0410. The number of halogens is 1. The first-order chi connectivity index (χ1) is 7.74. The van der Waals surface area contributed by atoms with E-state index in [1.54, 1.807) is 13.3 Å². The summed E-state index contributed by atoms with van der Waals surface area (Å²) in [5, 5.41) is 8.94. The van der Waals surface area contributed by atoms with Crippen LogP contribution in [-0.2, 0) is 6.61 Å². The molecule has 0 fully saturated rings. The highest BCUT2D eigenvalue weighted by Gasteiger charge is 2.06. The van der Waals surface area contributed by atoms with Gasteiger partial charge in [-0.15, -0.1) is 0 Å². The molecule has 1 aromatic carbocycles. The summed E-state index contributed by atoms with van der Waals surface area (Å²) >= 11 is 3.39. The van der Waals surface area contributed by atoms with Gasteiger partial charge in [0.25, 0.3) is 0 Å². The SMILES string of the molecule is COc1cc(-c2ncc(CO)[nH]2)ccc1Br. The summed E-state index contributed by atoms with van der Waals surface area (Å²) in [5.41, 5.74) is 1.61. The lowest BCUT2D eigenvalue weighted by Gasteiger charge is -2.04. The Morgan fingerprint density at radius 3 is 2.94 bits per heavy atom. The predicted molar refractivity (Wildman–Crippen MR) is 64.2 cm³/mol. The molecule has 5 heteroatoms. The van der Waals surface area contributed by atoms with Gasteiger partial charge in [-0.25, -0.2) is 4.98 Å². The second kappa shape index (κ2) is 4.67. The van der Waals surface area contributed by atoms with Crippen molar-refractivity contribution in [2.75, 3.05) is 7.11 Å². The lowest BCUT2D eigenvalue weighted by atomic mass is 10.2. The molecule has 2 rings (SSSR count). The smallest absolute Gasteiger partial charge is 0.137 e. The van der Waals surface area contributed by atoms with E-state index >= 15 is 0 Å². The first-order valence-electron chi connectivity index (χ1n) is 4.73. The van der Waals surface area contributed by atoms with Gasteiger partial charge in [-0.2, -0.15) is 0 Å². The Labute approximate surface area is 101 Å². The summed E-state index contributed by atoms with van der Waals surface area (Å²) in [5.74, 6) is 1.47. The van der Waals surface area contributed by atoms with Crippen molar-refractivity contribution in [3.05, 3.63) is 34.6 Å². The number of benzene rings is 1. The van der Waals surface area contributed by atoms with Gasteiger partial charge >= 0.3 is 0 Å². The van der Waals surface area contributed by atoms with Crippen LogP contribution in [0.2, 0.25) is 0 Å². The van der Waals surface area contributed by atoms with Crippen LogP contribution in [0.25, 0.3) is 11.4 Å². The Kier molecular flexibility index (Phi) is 3.26. The van der Waals surface area contributed by atoms with E-state index in [4.69, 9.17) is 9.84 Å². The molecule has 0 radical (unpaired) electrons. The van der Waals surface area contributed by atoms with Crippen LogP contribution in [0.15, 0.2) is 28.9 Å². The maximum absolute atomic E-state index is 8.94. The summed E-state index contributed by atoms with van der Waals surface area (Å²) < 4.78 is 6.10. The average molecular weight is 283 g/mol. The molecular formula is C11H11BrN2O2. The molecule has 1 aromatic heterocycles. The van der Waals surface area contributed by atoms with Crippen molar-refractivity contribution >= 4 is 15.9 Å². The molecule has 1 heterocycles. The first-order valence-corrected chi connectivity index (χ1v) is 5.52. The Morgan fingerprint density at radius 2 is 2.31 bits per heavy atom. The third kappa shape index (κ3) is 2.10. The van der Waals surface area contributed by atoms with Crippen molar-refractivity contribution in [2.45, 2.75) is 6.61 Å². The molecule has 0 unspecified atom stereocenters. The minimum Gasteiger partial charge on any atom is -0.496 e. The zero-order chi connectivity index (χ0) is 11.5. The molecule has 0 atom stereocenters. The van der Waals surface area contributed by atoms with E-state index in [-0.39, 0.29) is 6.61 Å². The van der Waals surface area contributed by atoms with Crippen molar-refractivity contribution in [3.63, 3.8) is 0 Å². The van der Waals surface area contributed by atoms with E-state index in [2.05, 4.69) is 25.9 Å². The summed E-state index contributed by atoms with van der Waals surface area (Å²) in [6.07, 6.45) is 1.61. The number of hydrogen-bond acceptors (Lipinski definition) is 3. The van der Waals surface area contributed by atoms with Gasteiger partial charge < -0.3 is 14.8 Å². The molecule has 0 bridgehead atoms. The number of imidazole rings is 1. The van der Waals surface area contributed by atoms with Gasteiger partial charge in [-0.05, 0) is 34.1 Å². The topological polar surface area (TPSA) is 58.1 Å². The van der Waals surface area contributed by atoms with Gasteiger partial charge in [0.05, 0.1) is 30.1 Å². The molecule has 0 amide bonds. The largest absolute Gasteiger partial charge is 0.496 e. The lowest BCUT2D eigenvalue weighted by Crippen LogP contribution is -1.87. The quantitative estimate of drug-likeness (QED) is 0.909. The number of aliphatic hydroxyl groups is 1. The monoisotopic (exact) mass is 282 g/mol. The molecule has 4 nitrogen and oxygen atoms in total. The molecule has 0 aliphatic heterocycles. The van der Waals surface area contributed by atoms with Gasteiger partial charge in [0.15, 0.2) is 0 Å². The fraction of sp³-hybridized carbons (Fsp3) is 0.182. The number of hydrogen-bond donors (Lipinski definition) is 2. The van der Waals surface area contributed by atoms with Crippen molar-refractivity contribution in [1.82, 2.24) is 9.97 Å².